The highest BCUT2D eigenvalue weighted by Gasteiger charge is 2.38. The Hall–Kier alpha value is -0.640. The Morgan fingerprint density at radius 3 is 2.07 bits per heavy atom. The highest BCUT2D eigenvalue weighted by molar-refractivity contribution is 7.56. The molecule has 1 atom stereocenters. The molecule has 0 rings (SSSR count). The summed E-state index contributed by atoms with van der Waals surface area (Å²) in [6.07, 6.45) is 3.02. The van der Waals surface area contributed by atoms with Gasteiger partial charge < -0.3 is 13.8 Å². The first kappa shape index (κ1) is 13.4. The molecule has 6 heteroatoms. The molecule has 0 aromatic rings. The number of ether oxygens (including phenoxy) is 1. The van der Waals surface area contributed by atoms with Crippen molar-refractivity contribution in [2.24, 2.45) is 0 Å². The molecule has 0 saturated carbocycles. The summed E-state index contributed by atoms with van der Waals surface area (Å²) < 4.78 is 25.7. The first-order valence-corrected chi connectivity index (χ1v) is 5.58. The van der Waals surface area contributed by atoms with Crippen LogP contribution in [0.3, 0.4) is 0 Å². The van der Waals surface area contributed by atoms with E-state index in [2.05, 4.69) is 4.74 Å². The van der Waals surface area contributed by atoms with Crippen molar-refractivity contribution in [1.29, 1.82) is 0 Å². The molecule has 0 radical (unpaired) electrons. The average Bonchev–Trinajstić information content (AvgIpc) is 2.23. The molecule has 5 nitrogen and oxygen atoms in total. The molecule has 0 aromatic carbocycles. The van der Waals surface area contributed by atoms with Gasteiger partial charge in [0.15, 0.2) is 5.66 Å². The topological polar surface area (TPSA) is 61.8 Å². The molecule has 0 bridgehead atoms. The maximum Gasteiger partial charge on any atom is 0.348 e. The van der Waals surface area contributed by atoms with E-state index in [1.807, 2.05) is 0 Å². The van der Waals surface area contributed by atoms with Gasteiger partial charge in [-0.25, -0.2) is 0 Å². The molecule has 0 aromatic heterocycles. The second-order valence-corrected chi connectivity index (χ2v) is 4.77. The fourth-order valence-corrected chi connectivity index (χ4v) is 2.27. The first-order chi connectivity index (χ1) is 6.55. The van der Waals surface area contributed by atoms with Crippen LogP contribution in [0, 0.1) is 0 Å². The quantitative estimate of drug-likeness (QED) is 0.401. The van der Waals surface area contributed by atoms with E-state index >= 15 is 0 Å². The van der Waals surface area contributed by atoms with Gasteiger partial charge in [0.25, 0.3) is 0 Å². The van der Waals surface area contributed by atoms with Crippen LogP contribution in [-0.2, 0) is 23.1 Å². The molecule has 82 valence electrons. The van der Waals surface area contributed by atoms with Gasteiger partial charge in [0, 0.05) is 14.2 Å². The van der Waals surface area contributed by atoms with Crippen LogP contribution in [0.2, 0.25) is 0 Å². The highest BCUT2D eigenvalue weighted by atomic mass is 31.2. The number of esters is 1. The molecular weight excluding hydrogens is 207 g/mol. The number of rotatable bonds is 5. The van der Waals surface area contributed by atoms with Crippen molar-refractivity contribution in [2.75, 3.05) is 21.3 Å². The van der Waals surface area contributed by atoms with Crippen molar-refractivity contribution >= 4 is 13.6 Å². The second kappa shape index (κ2) is 5.96. The largest absolute Gasteiger partial charge is 0.468 e. The summed E-state index contributed by atoms with van der Waals surface area (Å²) in [5.74, 6) is -0.643. The molecule has 1 unspecified atom stereocenters. The summed E-state index contributed by atoms with van der Waals surface area (Å²) >= 11 is 0. The van der Waals surface area contributed by atoms with Crippen LogP contribution in [0.4, 0.5) is 0 Å². The normalized spacial score (nSPS) is 14.3. The Morgan fingerprint density at radius 2 is 1.79 bits per heavy atom. The summed E-state index contributed by atoms with van der Waals surface area (Å²) in [5.41, 5.74) is -1.01. The van der Waals surface area contributed by atoms with Crippen LogP contribution < -0.4 is 0 Å². The lowest BCUT2D eigenvalue weighted by molar-refractivity contribution is -0.139. The van der Waals surface area contributed by atoms with Crippen LogP contribution in [0.25, 0.3) is 0 Å². The minimum absolute atomic E-state index is 0.643. The zero-order valence-corrected chi connectivity index (χ0v) is 9.61. The van der Waals surface area contributed by atoms with Crippen LogP contribution >= 0.6 is 7.60 Å². The number of hydrogen-bond donors (Lipinski definition) is 0. The Balaban J connectivity index is 4.98. The molecule has 0 saturated heterocycles. The lowest BCUT2D eigenvalue weighted by Crippen LogP contribution is -2.21. The smallest absolute Gasteiger partial charge is 0.348 e. The molecule has 0 aliphatic heterocycles. The van der Waals surface area contributed by atoms with Gasteiger partial charge in [0.05, 0.1) is 7.11 Å². The maximum absolute atomic E-state index is 11.8. The zero-order valence-electron chi connectivity index (χ0n) is 8.72. The van der Waals surface area contributed by atoms with Gasteiger partial charge in [-0.2, -0.15) is 0 Å². The zero-order chi connectivity index (χ0) is 11.2. The van der Waals surface area contributed by atoms with Gasteiger partial charge in [-0.1, -0.05) is 12.2 Å². The lowest BCUT2D eigenvalue weighted by atomic mass is 10.4. The van der Waals surface area contributed by atoms with Gasteiger partial charge >= 0.3 is 13.6 Å². The number of carbonyl (C=O) groups is 1. The Labute approximate surface area is 83.6 Å². The summed E-state index contributed by atoms with van der Waals surface area (Å²) in [4.78, 5) is 11.3. The van der Waals surface area contributed by atoms with E-state index in [0.29, 0.717) is 0 Å². The van der Waals surface area contributed by atoms with Gasteiger partial charge in [0.2, 0.25) is 0 Å². The number of hydrogen-bond acceptors (Lipinski definition) is 5. The van der Waals surface area contributed by atoms with E-state index in [0.717, 1.165) is 0 Å². The van der Waals surface area contributed by atoms with Gasteiger partial charge in [-0.05, 0) is 6.92 Å². The third kappa shape index (κ3) is 2.94. The van der Waals surface area contributed by atoms with Crippen molar-refractivity contribution in [3.05, 3.63) is 12.2 Å². The molecule has 0 aliphatic rings. The van der Waals surface area contributed by atoms with Gasteiger partial charge in [-0.15, -0.1) is 0 Å². The third-order valence-electron chi connectivity index (χ3n) is 1.67. The maximum atomic E-state index is 11.8. The fourth-order valence-electron chi connectivity index (χ4n) is 0.918. The summed E-state index contributed by atoms with van der Waals surface area (Å²) in [5, 5.41) is 0. The Bertz CT molecular complexity index is 252. The van der Waals surface area contributed by atoms with E-state index in [-0.39, 0.29) is 0 Å². The van der Waals surface area contributed by atoms with E-state index in [9.17, 15) is 9.36 Å². The van der Waals surface area contributed by atoms with Crippen LogP contribution in [0.15, 0.2) is 12.2 Å². The van der Waals surface area contributed by atoms with Crippen molar-refractivity contribution in [3.8, 4) is 0 Å². The second-order valence-electron chi connectivity index (χ2n) is 2.40. The molecule has 0 heterocycles. The number of allylic oxidation sites excluding steroid dienone is 1. The minimum Gasteiger partial charge on any atom is -0.468 e. The van der Waals surface area contributed by atoms with Gasteiger partial charge in [-0.3, -0.25) is 9.36 Å². The monoisotopic (exact) mass is 222 g/mol. The molecule has 0 N–H and O–H groups in total. The number of carbonyl (C=O) groups excluding carboxylic acids is 1. The van der Waals surface area contributed by atoms with Crippen LogP contribution in [-0.4, -0.2) is 33.0 Å². The van der Waals surface area contributed by atoms with Crippen molar-refractivity contribution < 1.29 is 23.1 Å². The van der Waals surface area contributed by atoms with E-state index < -0.39 is 19.2 Å². The minimum atomic E-state index is -3.44. The number of methoxy groups -OCH3 is 1. The highest BCUT2D eigenvalue weighted by Crippen LogP contribution is 2.52. The SMILES string of the molecule is CC=CC(C(=O)OC)P(=O)(OC)OC. The van der Waals surface area contributed by atoms with E-state index in [4.69, 9.17) is 9.05 Å². The van der Waals surface area contributed by atoms with Crippen molar-refractivity contribution in [1.82, 2.24) is 0 Å². The summed E-state index contributed by atoms with van der Waals surface area (Å²) in [7, 11) is 0.227. The average molecular weight is 222 g/mol. The lowest BCUT2D eigenvalue weighted by Gasteiger charge is -2.19. The van der Waals surface area contributed by atoms with Crippen molar-refractivity contribution in [2.45, 2.75) is 12.6 Å². The molecule has 0 spiro atoms. The molecule has 14 heavy (non-hydrogen) atoms. The summed E-state index contributed by atoms with van der Waals surface area (Å²) in [6.45, 7) is 1.70. The predicted octanol–water partition coefficient (Wildman–Crippen LogP) is 1.59. The molecular formula is C8H15O5P. The molecule has 0 aliphatic carbocycles. The molecule has 0 fully saturated rings. The Kier molecular flexibility index (Phi) is 5.69. The van der Waals surface area contributed by atoms with Crippen LogP contribution in [0.5, 0.6) is 0 Å². The third-order valence-corrected chi connectivity index (χ3v) is 3.75. The molecule has 0 amide bonds. The van der Waals surface area contributed by atoms with Crippen LogP contribution in [0.1, 0.15) is 6.92 Å². The van der Waals surface area contributed by atoms with Crippen molar-refractivity contribution in [3.63, 3.8) is 0 Å². The van der Waals surface area contributed by atoms with E-state index in [1.54, 1.807) is 13.0 Å². The standard InChI is InChI=1S/C8H15O5P/c1-5-6-7(8(9)11-2)14(10,12-3)13-4/h5-7H,1-4H3. The first-order valence-electron chi connectivity index (χ1n) is 3.97. The Morgan fingerprint density at radius 1 is 1.29 bits per heavy atom. The van der Waals surface area contributed by atoms with E-state index in [1.165, 1.54) is 27.4 Å². The summed E-state index contributed by atoms with van der Waals surface area (Å²) in [6, 6.07) is 0. The van der Waals surface area contributed by atoms with Gasteiger partial charge in [0.1, 0.15) is 0 Å². The predicted molar refractivity (Wildman–Crippen MR) is 52.2 cm³/mol. The fraction of sp³-hybridized carbons (Fsp3) is 0.625.